The molecule has 0 fully saturated rings. The third-order valence-electron chi connectivity index (χ3n) is 4.57. The first kappa shape index (κ1) is 21.5. The summed E-state index contributed by atoms with van der Waals surface area (Å²) in [6.07, 6.45) is 1.39. The van der Waals surface area contributed by atoms with Crippen molar-refractivity contribution in [2.45, 2.75) is 13.1 Å². The second-order valence-electron chi connectivity index (χ2n) is 7.02. The largest absolute Gasteiger partial charge is 0.484 e. The van der Waals surface area contributed by atoms with Gasteiger partial charge in [0.25, 0.3) is 5.91 Å². The molecule has 4 rings (SSSR count). The van der Waals surface area contributed by atoms with Crippen molar-refractivity contribution in [2.24, 2.45) is 0 Å². The molecule has 0 aliphatic heterocycles. The second kappa shape index (κ2) is 10.1. The third-order valence-corrected chi connectivity index (χ3v) is 5.06. The summed E-state index contributed by atoms with van der Waals surface area (Å²) in [6, 6.07) is 21.1. The Bertz CT molecular complexity index is 1240. The minimum absolute atomic E-state index is 0.000587. The number of hydrogen-bond acceptors (Lipinski definition) is 5. The summed E-state index contributed by atoms with van der Waals surface area (Å²) >= 11 is 3.44. The van der Waals surface area contributed by atoms with Gasteiger partial charge in [-0.05, 0) is 40.6 Å². The van der Waals surface area contributed by atoms with E-state index in [1.165, 1.54) is 11.0 Å². The summed E-state index contributed by atoms with van der Waals surface area (Å²) in [4.78, 5) is 28.3. The first-order valence-corrected chi connectivity index (χ1v) is 10.7. The van der Waals surface area contributed by atoms with Gasteiger partial charge in [-0.15, -0.1) is 5.10 Å². The number of nitrogens with zero attached hydrogens (tertiary/aromatic N) is 3. The molecule has 32 heavy (non-hydrogen) atoms. The van der Waals surface area contributed by atoms with Gasteiger partial charge in [-0.3, -0.25) is 14.9 Å². The van der Waals surface area contributed by atoms with Gasteiger partial charge in [-0.1, -0.05) is 58.4 Å². The van der Waals surface area contributed by atoms with E-state index in [1.807, 2.05) is 66.7 Å². The highest BCUT2D eigenvalue weighted by atomic mass is 79.9. The van der Waals surface area contributed by atoms with Crippen molar-refractivity contribution in [3.8, 4) is 5.75 Å². The summed E-state index contributed by atoms with van der Waals surface area (Å²) in [7, 11) is 0. The second-order valence-corrected chi connectivity index (χ2v) is 7.93. The van der Waals surface area contributed by atoms with Crippen molar-refractivity contribution in [3.05, 3.63) is 83.1 Å². The lowest BCUT2D eigenvalue weighted by atomic mass is 10.1. The molecule has 162 valence electrons. The average Bonchev–Trinajstić information content (AvgIpc) is 3.23. The van der Waals surface area contributed by atoms with Crippen LogP contribution in [0.1, 0.15) is 5.56 Å². The molecule has 0 aliphatic carbocycles. The van der Waals surface area contributed by atoms with E-state index in [2.05, 4.69) is 36.6 Å². The Hall–Kier alpha value is -3.72. The van der Waals surface area contributed by atoms with Crippen molar-refractivity contribution in [2.75, 3.05) is 11.9 Å². The standard InChI is InChI=1S/C23H20BrN5O3/c24-19-8-6-18-11-20(9-7-17(18)10-19)32-14-22(31)27-23-26-15-29(28-23)13-21(30)25-12-16-4-2-1-3-5-16/h1-11,15H,12-14H2,(H,25,30)(H,27,28,31). The summed E-state index contributed by atoms with van der Waals surface area (Å²) in [5.74, 6) is 0.0943. The molecule has 0 bridgehead atoms. The van der Waals surface area contributed by atoms with Crippen LogP contribution in [0.2, 0.25) is 0 Å². The first-order valence-electron chi connectivity index (χ1n) is 9.87. The molecule has 0 radical (unpaired) electrons. The zero-order valence-electron chi connectivity index (χ0n) is 17.0. The van der Waals surface area contributed by atoms with Crippen molar-refractivity contribution < 1.29 is 14.3 Å². The van der Waals surface area contributed by atoms with Gasteiger partial charge in [0.15, 0.2) is 6.61 Å². The lowest BCUT2D eigenvalue weighted by Gasteiger charge is -2.07. The molecule has 3 aromatic carbocycles. The van der Waals surface area contributed by atoms with Gasteiger partial charge in [0.1, 0.15) is 18.6 Å². The number of aromatic nitrogens is 3. The number of anilines is 1. The predicted molar refractivity (Wildman–Crippen MR) is 124 cm³/mol. The summed E-state index contributed by atoms with van der Waals surface area (Å²) in [6.45, 7) is 0.245. The van der Waals surface area contributed by atoms with Crippen LogP contribution < -0.4 is 15.4 Å². The smallest absolute Gasteiger partial charge is 0.264 e. The van der Waals surface area contributed by atoms with Gasteiger partial charge in [0, 0.05) is 11.0 Å². The normalized spacial score (nSPS) is 10.7. The lowest BCUT2D eigenvalue weighted by molar-refractivity contribution is -0.122. The van der Waals surface area contributed by atoms with Crippen molar-refractivity contribution in [1.82, 2.24) is 20.1 Å². The minimum Gasteiger partial charge on any atom is -0.484 e. The summed E-state index contributed by atoms with van der Waals surface area (Å²) < 4.78 is 7.93. The minimum atomic E-state index is -0.396. The number of halogens is 1. The van der Waals surface area contributed by atoms with Crippen LogP contribution in [0.3, 0.4) is 0 Å². The zero-order chi connectivity index (χ0) is 22.3. The van der Waals surface area contributed by atoms with E-state index in [4.69, 9.17) is 4.74 Å². The maximum atomic E-state index is 12.2. The number of amides is 2. The van der Waals surface area contributed by atoms with Crippen LogP contribution in [0.25, 0.3) is 10.8 Å². The third kappa shape index (κ3) is 5.92. The number of nitrogens with one attached hydrogen (secondary N) is 2. The molecular weight excluding hydrogens is 474 g/mol. The fourth-order valence-electron chi connectivity index (χ4n) is 3.02. The molecule has 8 nitrogen and oxygen atoms in total. The van der Waals surface area contributed by atoms with E-state index in [-0.39, 0.29) is 25.0 Å². The van der Waals surface area contributed by atoms with Crippen LogP contribution >= 0.6 is 15.9 Å². The molecule has 0 spiro atoms. The number of ether oxygens (including phenoxy) is 1. The van der Waals surface area contributed by atoms with E-state index >= 15 is 0 Å². The average molecular weight is 494 g/mol. The highest BCUT2D eigenvalue weighted by molar-refractivity contribution is 9.10. The Kier molecular flexibility index (Phi) is 6.76. The fourth-order valence-corrected chi connectivity index (χ4v) is 3.40. The van der Waals surface area contributed by atoms with Crippen LogP contribution in [-0.4, -0.2) is 33.2 Å². The molecule has 0 unspecified atom stereocenters. The molecule has 0 aliphatic rings. The molecule has 1 aromatic heterocycles. The number of carbonyl (C=O) groups excluding carboxylic acids is 2. The number of rotatable bonds is 8. The van der Waals surface area contributed by atoms with Crippen molar-refractivity contribution in [1.29, 1.82) is 0 Å². The molecule has 0 atom stereocenters. The Labute approximate surface area is 192 Å². The van der Waals surface area contributed by atoms with Gasteiger partial charge in [0.05, 0.1) is 0 Å². The van der Waals surface area contributed by atoms with E-state index in [1.54, 1.807) is 0 Å². The quantitative estimate of drug-likeness (QED) is 0.391. The monoisotopic (exact) mass is 493 g/mol. The van der Waals surface area contributed by atoms with Gasteiger partial charge >= 0.3 is 0 Å². The van der Waals surface area contributed by atoms with Crippen LogP contribution in [0.4, 0.5) is 5.95 Å². The Morgan fingerprint density at radius 2 is 1.75 bits per heavy atom. The van der Waals surface area contributed by atoms with Crippen LogP contribution in [0.15, 0.2) is 77.5 Å². The summed E-state index contributed by atoms with van der Waals surface area (Å²) in [5, 5.41) is 11.6. The molecule has 0 saturated carbocycles. The number of carbonyl (C=O) groups is 2. The van der Waals surface area contributed by atoms with Crippen LogP contribution in [-0.2, 0) is 22.7 Å². The Balaban J connectivity index is 1.24. The molecule has 9 heteroatoms. The molecule has 4 aromatic rings. The highest BCUT2D eigenvalue weighted by Crippen LogP contribution is 2.24. The molecule has 0 saturated heterocycles. The van der Waals surface area contributed by atoms with E-state index in [9.17, 15) is 9.59 Å². The molecular formula is C23H20BrN5O3. The maximum Gasteiger partial charge on any atom is 0.264 e. The first-order chi connectivity index (χ1) is 15.5. The van der Waals surface area contributed by atoms with Gasteiger partial charge < -0.3 is 10.1 Å². The SMILES string of the molecule is O=C(Cn1cnc(NC(=O)COc2ccc3cc(Br)ccc3c2)n1)NCc1ccccc1. The van der Waals surface area contributed by atoms with Crippen molar-refractivity contribution in [3.63, 3.8) is 0 Å². The summed E-state index contributed by atoms with van der Waals surface area (Å²) in [5.41, 5.74) is 1.01. The van der Waals surface area contributed by atoms with Crippen LogP contribution in [0, 0.1) is 0 Å². The zero-order valence-corrected chi connectivity index (χ0v) is 18.6. The molecule has 2 amide bonds. The lowest BCUT2D eigenvalue weighted by Crippen LogP contribution is -2.27. The van der Waals surface area contributed by atoms with Crippen LogP contribution in [0.5, 0.6) is 5.75 Å². The van der Waals surface area contributed by atoms with E-state index in [0.717, 1.165) is 20.8 Å². The van der Waals surface area contributed by atoms with Crippen molar-refractivity contribution >= 4 is 44.5 Å². The van der Waals surface area contributed by atoms with E-state index in [0.29, 0.717) is 12.3 Å². The van der Waals surface area contributed by atoms with Gasteiger partial charge in [0.2, 0.25) is 11.9 Å². The Morgan fingerprint density at radius 3 is 2.59 bits per heavy atom. The Morgan fingerprint density at radius 1 is 0.969 bits per heavy atom. The number of benzene rings is 3. The van der Waals surface area contributed by atoms with Gasteiger partial charge in [-0.25, -0.2) is 9.67 Å². The number of hydrogen-bond donors (Lipinski definition) is 2. The van der Waals surface area contributed by atoms with Gasteiger partial charge in [-0.2, -0.15) is 0 Å². The van der Waals surface area contributed by atoms with E-state index < -0.39 is 5.91 Å². The maximum absolute atomic E-state index is 12.2. The molecule has 2 N–H and O–H groups in total. The fraction of sp³-hybridized carbons (Fsp3) is 0.130. The molecule has 1 heterocycles. The number of fused-ring (bicyclic) bond motifs is 1. The highest BCUT2D eigenvalue weighted by Gasteiger charge is 2.10. The topological polar surface area (TPSA) is 98.1 Å². The predicted octanol–water partition coefficient (Wildman–Crippen LogP) is 3.53.